The molecule has 5 nitrogen and oxygen atoms in total. The Bertz CT molecular complexity index is 299. The van der Waals surface area contributed by atoms with Gasteiger partial charge in [0.15, 0.2) is 0 Å². The third kappa shape index (κ3) is 3.19. The van der Waals surface area contributed by atoms with Crippen LogP contribution in [-0.4, -0.2) is 47.7 Å². The average Bonchev–Trinajstić information content (AvgIpc) is 2.82. The molecule has 0 aromatic rings. The van der Waals surface area contributed by atoms with Gasteiger partial charge >= 0.3 is 5.97 Å². The van der Waals surface area contributed by atoms with Gasteiger partial charge in [-0.15, -0.1) is 0 Å². The summed E-state index contributed by atoms with van der Waals surface area (Å²) in [6.07, 6.45) is 3.89. The van der Waals surface area contributed by atoms with E-state index in [-0.39, 0.29) is 12.0 Å². The third-order valence-corrected chi connectivity index (χ3v) is 3.55. The van der Waals surface area contributed by atoms with Crippen LogP contribution in [0, 0.1) is 5.92 Å². The largest absolute Gasteiger partial charge is 0.481 e. The molecule has 0 aliphatic carbocycles. The van der Waals surface area contributed by atoms with E-state index in [2.05, 4.69) is 0 Å². The van der Waals surface area contributed by atoms with E-state index in [1.807, 2.05) is 0 Å². The quantitative estimate of drug-likeness (QED) is 0.796. The maximum absolute atomic E-state index is 12.0. The van der Waals surface area contributed by atoms with Gasteiger partial charge in [-0.2, -0.15) is 0 Å². The lowest BCUT2D eigenvalue weighted by Gasteiger charge is -2.31. The summed E-state index contributed by atoms with van der Waals surface area (Å²) in [5.74, 6) is -1.14. The van der Waals surface area contributed by atoms with Gasteiger partial charge in [-0.1, -0.05) is 0 Å². The molecule has 2 fully saturated rings. The number of piperidine rings is 1. The highest BCUT2D eigenvalue weighted by atomic mass is 16.5. The number of likely N-dealkylation sites (tertiary alicyclic amines) is 1. The fourth-order valence-electron chi connectivity index (χ4n) is 2.53. The molecule has 0 radical (unpaired) electrons. The molecule has 2 aliphatic heterocycles. The SMILES string of the molecule is O=C(O)[C@H]1CCCN(C(=O)CC2CCCO2)C1. The Labute approximate surface area is 101 Å². The second-order valence-corrected chi connectivity index (χ2v) is 4.86. The minimum absolute atomic E-state index is 0.0443. The molecule has 2 saturated heterocycles. The van der Waals surface area contributed by atoms with Gasteiger partial charge in [0.25, 0.3) is 0 Å². The zero-order valence-corrected chi connectivity index (χ0v) is 9.93. The van der Waals surface area contributed by atoms with Crippen LogP contribution in [0.2, 0.25) is 0 Å². The van der Waals surface area contributed by atoms with Crippen LogP contribution in [0.4, 0.5) is 0 Å². The van der Waals surface area contributed by atoms with Crippen molar-refractivity contribution in [3.8, 4) is 0 Å². The minimum atomic E-state index is -0.792. The number of hydrogen-bond donors (Lipinski definition) is 1. The standard InChI is InChI=1S/C12H19NO4/c14-11(7-10-4-2-6-17-10)13-5-1-3-9(8-13)12(15)16/h9-10H,1-8H2,(H,15,16)/t9-,10?/m0/s1. The van der Waals surface area contributed by atoms with Crippen molar-refractivity contribution in [2.75, 3.05) is 19.7 Å². The number of carboxylic acids is 1. The number of rotatable bonds is 3. The van der Waals surface area contributed by atoms with Crippen LogP contribution in [-0.2, 0) is 14.3 Å². The molecule has 2 heterocycles. The highest BCUT2D eigenvalue weighted by Crippen LogP contribution is 2.20. The Balaban J connectivity index is 1.83. The van der Waals surface area contributed by atoms with E-state index in [0.717, 1.165) is 25.9 Å². The van der Waals surface area contributed by atoms with Crippen molar-refractivity contribution in [1.82, 2.24) is 4.90 Å². The second-order valence-electron chi connectivity index (χ2n) is 4.86. The summed E-state index contributed by atoms with van der Waals surface area (Å²) in [5.41, 5.74) is 0. The molecule has 17 heavy (non-hydrogen) atoms. The second kappa shape index (κ2) is 5.49. The van der Waals surface area contributed by atoms with Crippen molar-refractivity contribution in [3.05, 3.63) is 0 Å². The first kappa shape index (κ1) is 12.4. The maximum Gasteiger partial charge on any atom is 0.308 e. The van der Waals surface area contributed by atoms with Crippen LogP contribution >= 0.6 is 0 Å². The van der Waals surface area contributed by atoms with Gasteiger partial charge in [0.2, 0.25) is 5.91 Å². The van der Waals surface area contributed by atoms with Crippen molar-refractivity contribution < 1.29 is 19.4 Å². The predicted molar refractivity (Wildman–Crippen MR) is 60.5 cm³/mol. The van der Waals surface area contributed by atoms with Crippen molar-refractivity contribution in [3.63, 3.8) is 0 Å². The van der Waals surface area contributed by atoms with Crippen LogP contribution in [0.25, 0.3) is 0 Å². The monoisotopic (exact) mass is 241 g/mol. The molecular formula is C12H19NO4. The van der Waals surface area contributed by atoms with Gasteiger partial charge in [-0.25, -0.2) is 0 Å². The highest BCUT2D eigenvalue weighted by molar-refractivity contribution is 5.78. The van der Waals surface area contributed by atoms with Crippen molar-refractivity contribution in [2.45, 2.75) is 38.2 Å². The molecule has 1 N–H and O–H groups in total. The van der Waals surface area contributed by atoms with E-state index in [4.69, 9.17) is 9.84 Å². The van der Waals surface area contributed by atoms with E-state index in [0.29, 0.717) is 25.9 Å². The summed E-state index contributed by atoms with van der Waals surface area (Å²) in [6, 6.07) is 0. The molecule has 96 valence electrons. The number of amides is 1. The van der Waals surface area contributed by atoms with Crippen molar-refractivity contribution in [2.24, 2.45) is 5.92 Å². The lowest BCUT2D eigenvalue weighted by atomic mass is 9.98. The lowest BCUT2D eigenvalue weighted by molar-refractivity contribution is -0.146. The summed E-state index contributed by atoms with van der Waals surface area (Å²) in [5, 5.41) is 8.96. The number of carboxylic acid groups (broad SMARTS) is 1. The van der Waals surface area contributed by atoms with Crippen molar-refractivity contribution >= 4 is 11.9 Å². The summed E-state index contributed by atoms with van der Waals surface area (Å²) < 4.78 is 5.42. The van der Waals surface area contributed by atoms with Crippen LogP contribution < -0.4 is 0 Å². The van der Waals surface area contributed by atoms with Crippen LogP contribution in [0.3, 0.4) is 0 Å². The van der Waals surface area contributed by atoms with Crippen LogP contribution in [0.5, 0.6) is 0 Å². The predicted octanol–water partition coefficient (Wildman–Crippen LogP) is 0.879. The molecule has 2 aliphatic rings. The first-order valence-corrected chi connectivity index (χ1v) is 6.29. The zero-order chi connectivity index (χ0) is 12.3. The molecule has 0 aromatic carbocycles. The van der Waals surface area contributed by atoms with Gasteiger partial charge in [-0.05, 0) is 25.7 Å². The number of nitrogens with zero attached hydrogens (tertiary/aromatic N) is 1. The Kier molecular flexibility index (Phi) is 3.99. The van der Waals surface area contributed by atoms with E-state index in [1.165, 1.54) is 0 Å². The maximum atomic E-state index is 12.0. The van der Waals surface area contributed by atoms with E-state index < -0.39 is 11.9 Å². The molecule has 2 rings (SSSR count). The Morgan fingerprint density at radius 3 is 2.76 bits per heavy atom. The fourth-order valence-corrected chi connectivity index (χ4v) is 2.53. The Morgan fingerprint density at radius 2 is 2.12 bits per heavy atom. The van der Waals surface area contributed by atoms with Gasteiger partial charge in [0.05, 0.1) is 18.4 Å². The van der Waals surface area contributed by atoms with E-state index in [9.17, 15) is 9.59 Å². The third-order valence-electron chi connectivity index (χ3n) is 3.55. The highest BCUT2D eigenvalue weighted by Gasteiger charge is 2.29. The molecular weight excluding hydrogens is 222 g/mol. The zero-order valence-electron chi connectivity index (χ0n) is 9.93. The van der Waals surface area contributed by atoms with E-state index >= 15 is 0 Å². The summed E-state index contributed by atoms with van der Waals surface area (Å²) >= 11 is 0. The summed E-state index contributed by atoms with van der Waals surface area (Å²) in [6.45, 7) is 1.80. The Morgan fingerprint density at radius 1 is 1.29 bits per heavy atom. The number of hydrogen-bond acceptors (Lipinski definition) is 3. The number of ether oxygens (including phenoxy) is 1. The average molecular weight is 241 g/mol. The topological polar surface area (TPSA) is 66.8 Å². The molecule has 1 unspecified atom stereocenters. The van der Waals surface area contributed by atoms with Gasteiger partial charge in [-0.3, -0.25) is 9.59 Å². The molecule has 0 spiro atoms. The van der Waals surface area contributed by atoms with Crippen LogP contribution in [0.15, 0.2) is 0 Å². The molecule has 2 atom stereocenters. The first-order valence-electron chi connectivity index (χ1n) is 6.29. The number of carbonyl (C=O) groups excluding carboxylic acids is 1. The smallest absolute Gasteiger partial charge is 0.308 e. The fraction of sp³-hybridized carbons (Fsp3) is 0.833. The molecule has 0 saturated carbocycles. The normalized spacial score (nSPS) is 29.3. The molecule has 5 heteroatoms. The molecule has 0 aromatic heterocycles. The minimum Gasteiger partial charge on any atom is -0.481 e. The molecule has 1 amide bonds. The van der Waals surface area contributed by atoms with Gasteiger partial charge in [0, 0.05) is 19.7 Å². The summed E-state index contributed by atoms with van der Waals surface area (Å²) in [7, 11) is 0. The number of aliphatic carboxylic acids is 1. The lowest BCUT2D eigenvalue weighted by Crippen LogP contribution is -2.43. The Hall–Kier alpha value is -1.10. The van der Waals surface area contributed by atoms with E-state index in [1.54, 1.807) is 4.90 Å². The van der Waals surface area contributed by atoms with Gasteiger partial charge in [0.1, 0.15) is 0 Å². The van der Waals surface area contributed by atoms with Crippen molar-refractivity contribution in [1.29, 1.82) is 0 Å². The molecule has 0 bridgehead atoms. The number of carbonyl (C=O) groups is 2. The first-order chi connectivity index (χ1) is 8.16. The van der Waals surface area contributed by atoms with Crippen LogP contribution in [0.1, 0.15) is 32.1 Å². The van der Waals surface area contributed by atoms with Gasteiger partial charge < -0.3 is 14.7 Å². The summed E-state index contributed by atoms with van der Waals surface area (Å²) in [4.78, 5) is 24.6.